The lowest BCUT2D eigenvalue weighted by molar-refractivity contribution is -0.148. The van der Waals surface area contributed by atoms with Crippen LogP contribution < -0.4 is 0 Å². The van der Waals surface area contributed by atoms with E-state index in [1.54, 1.807) is 0 Å². The molecule has 0 heterocycles. The number of carbonyl (C=O) groups is 1. The molecule has 104 valence electrons. The van der Waals surface area contributed by atoms with Crippen LogP contribution in [0, 0.1) is 0 Å². The van der Waals surface area contributed by atoms with Crippen LogP contribution in [0.5, 0.6) is 0 Å². The molecule has 9 heteroatoms. The topological polar surface area (TPSA) is 46.5 Å². The van der Waals surface area contributed by atoms with Gasteiger partial charge in [0.05, 0.1) is 0 Å². The highest BCUT2D eigenvalue weighted by molar-refractivity contribution is 8.45. The van der Waals surface area contributed by atoms with Gasteiger partial charge in [-0.2, -0.15) is 0 Å². The Morgan fingerprint density at radius 3 is 1.89 bits per heavy atom. The van der Waals surface area contributed by atoms with E-state index in [9.17, 15) is 24.2 Å². The molecule has 1 rings (SSSR count). The minimum atomic E-state index is -9.72. The maximum Gasteiger partial charge on any atom is 0.337 e. The average Bonchev–Trinajstić information content (AvgIpc) is 2.15. The quantitative estimate of drug-likeness (QED) is 0.849. The average molecular weight is 292 g/mol. The highest BCUT2D eigenvalue weighted by Gasteiger charge is 2.65. The van der Waals surface area contributed by atoms with Gasteiger partial charge in [0.25, 0.3) is 0 Å². The third kappa shape index (κ3) is 3.33. The fourth-order valence-electron chi connectivity index (χ4n) is 1.28. The Morgan fingerprint density at radius 1 is 1.17 bits per heavy atom. The number of hydrogen-bond acceptors (Lipinski definition) is 2. The standard InChI is InChI=1S/C9H9F5O3S/c1-17-8(9(15)16)6-2-4-7(5-3-6)18(10,11,12,13)14/h2-5,8H,1H3,(H,15,16). The zero-order valence-electron chi connectivity index (χ0n) is 8.95. The molecule has 1 unspecified atom stereocenters. The number of halogens is 5. The van der Waals surface area contributed by atoms with Crippen molar-refractivity contribution in [1.29, 1.82) is 0 Å². The van der Waals surface area contributed by atoms with E-state index >= 15 is 0 Å². The second-order valence-electron chi connectivity index (χ2n) is 3.49. The summed E-state index contributed by atoms with van der Waals surface area (Å²) in [5.74, 6) is -1.43. The van der Waals surface area contributed by atoms with Crippen LogP contribution in [0.2, 0.25) is 0 Å². The fourth-order valence-corrected chi connectivity index (χ4v) is 1.93. The summed E-state index contributed by atoms with van der Waals surface area (Å²) in [5, 5.41) is 8.67. The Labute approximate surface area is 98.9 Å². The minimum absolute atomic E-state index is 0.145. The van der Waals surface area contributed by atoms with Crippen molar-refractivity contribution < 1.29 is 34.1 Å². The molecule has 18 heavy (non-hydrogen) atoms. The second kappa shape index (κ2) is 3.58. The van der Waals surface area contributed by atoms with Crippen LogP contribution in [-0.4, -0.2) is 18.2 Å². The van der Waals surface area contributed by atoms with Gasteiger partial charge in [-0.3, -0.25) is 0 Å². The van der Waals surface area contributed by atoms with Gasteiger partial charge in [-0.25, -0.2) is 4.79 Å². The van der Waals surface area contributed by atoms with Crippen molar-refractivity contribution in [2.45, 2.75) is 11.0 Å². The number of ether oxygens (including phenoxy) is 1. The molecular weight excluding hydrogens is 283 g/mol. The number of methoxy groups -OCH3 is 1. The van der Waals surface area contributed by atoms with Crippen LogP contribution >= 0.6 is 10.2 Å². The molecule has 1 atom stereocenters. The van der Waals surface area contributed by atoms with Crippen molar-refractivity contribution >= 4 is 16.2 Å². The van der Waals surface area contributed by atoms with Crippen LogP contribution in [-0.2, 0) is 9.53 Å². The number of hydrogen-bond donors (Lipinski definition) is 1. The van der Waals surface area contributed by atoms with E-state index in [2.05, 4.69) is 4.74 Å². The second-order valence-corrected chi connectivity index (χ2v) is 5.90. The van der Waals surface area contributed by atoms with Crippen LogP contribution in [0.3, 0.4) is 0 Å². The first kappa shape index (κ1) is 14.7. The third-order valence-corrected chi connectivity index (χ3v) is 3.25. The Hall–Kier alpha value is -1.35. The minimum Gasteiger partial charge on any atom is -0.479 e. The lowest BCUT2D eigenvalue weighted by Crippen LogP contribution is -2.14. The number of aliphatic carboxylic acids is 1. The largest absolute Gasteiger partial charge is 0.479 e. The summed E-state index contributed by atoms with van der Waals surface area (Å²) in [7, 11) is -8.68. The molecule has 0 aliphatic carbocycles. The SMILES string of the molecule is COC(C(=O)O)c1ccc(S(F)(F)(F)(F)F)cc1. The monoisotopic (exact) mass is 292 g/mol. The fraction of sp³-hybridized carbons (Fsp3) is 0.222. The summed E-state index contributed by atoms with van der Waals surface area (Å²) in [6.45, 7) is 0. The zero-order valence-corrected chi connectivity index (χ0v) is 9.77. The molecule has 0 saturated heterocycles. The van der Waals surface area contributed by atoms with Crippen molar-refractivity contribution in [2.75, 3.05) is 7.11 Å². The van der Waals surface area contributed by atoms with E-state index in [0.717, 1.165) is 7.11 Å². The molecule has 0 fully saturated rings. The molecule has 0 amide bonds. The molecule has 0 aliphatic heterocycles. The smallest absolute Gasteiger partial charge is 0.337 e. The van der Waals surface area contributed by atoms with Crippen molar-refractivity contribution in [1.82, 2.24) is 0 Å². The Bertz CT molecular complexity index is 467. The first-order valence-corrected chi connectivity index (χ1v) is 6.40. The summed E-state index contributed by atoms with van der Waals surface area (Å²) in [5.41, 5.74) is -0.157. The summed E-state index contributed by atoms with van der Waals surface area (Å²) in [6.07, 6.45) is -1.50. The molecule has 1 N–H and O–H groups in total. The first-order chi connectivity index (χ1) is 7.85. The highest BCUT2D eigenvalue weighted by Crippen LogP contribution is 3.02. The molecule has 0 bridgehead atoms. The Kier molecular flexibility index (Phi) is 2.92. The van der Waals surface area contributed by atoms with Gasteiger partial charge in [0.1, 0.15) is 4.90 Å². The van der Waals surface area contributed by atoms with E-state index in [4.69, 9.17) is 5.11 Å². The molecule has 1 aromatic rings. The van der Waals surface area contributed by atoms with Gasteiger partial charge >= 0.3 is 16.2 Å². The van der Waals surface area contributed by atoms with Gasteiger partial charge in [0, 0.05) is 7.11 Å². The molecule has 0 spiro atoms. The van der Waals surface area contributed by atoms with E-state index in [-0.39, 0.29) is 17.7 Å². The van der Waals surface area contributed by atoms with Crippen molar-refractivity contribution in [3.63, 3.8) is 0 Å². The van der Waals surface area contributed by atoms with Crippen molar-refractivity contribution in [2.24, 2.45) is 0 Å². The lowest BCUT2D eigenvalue weighted by Gasteiger charge is -2.40. The van der Waals surface area contributed by atoms with Gasteiger partial charge in [0.2, 0.25) is 0 Å². The van der Waals surface area contributed by atoms with Gasteiger partial charge in [-0.05, 0) is 17.7 Å². The van der Waals surface area contributed by atoms with Gasteiger partial charge in [0.15, 0.2) is 6.10 Å². The van der Waals surface area contributed by atoms with Crippen molar-refractivity contribution in [3.05, 3.63) is 29.8 Å². The maximum atomic E-state index is 12.4. The summed E-state index contributed by atoms with van der Waals surface area (Å²) in [4.78, 5) is 8.58. The summed E-state index contributed by atoms with van der Waals surface area (Å²) in [6, 6.07) is 1.59. The molecule has 1 aromatic carbocycles. The first-order valence-electron chi connectivity index (χ1n) is 4.45. The lowest BCUT2D eigenvalue weighted by atomic mass is 10.1. The highest BCUT2D eigenvalue weighted by atomic mass is 32.5. The zero-order chi connectivity index (χ0) is 14.3. The van der Waals surface area contributed by atoms with Crippen LogP contribution in [0.25, 0.3) is 0 Å². The molecule has 0 radical (unpaired) electrons. The van der Waals surface area contributed by atoms with Gasteiger partial charge < -0.3 is 9.84 Å². The summed E-state index contributed by atoms with van der Waals surface area (Å²) < 4.78 is 66.4. The number of carboxylic acids is 1. The molecule has 3 nitrogen and oxygen atoms in total. The Morgan fingerprint density at radius 2 is 1.61 bits per heavy atom. The van der Waals surface area contributed by atoms with Gasteiger partial charge in [-0.1, -0.05) is 31.6 Å². The third-order valence-electron chi connectivity index (χ3n) is 2.09. The van der Waals surface area contributed by atoms with E-state index in [0.29, 0.717) is 12.1 Å². The van der Waals surface area contributed by atoms with Gasteiger partial charge in [-0.15, -0.1) is 0 Å². The predicted molar refractivity (Wildman–Crippen MR) is 55.2 cm³/mol. The molecule has 0 saturated carbocycles. The van der Waals surface area contributed by atoms with Crippen LogP contribution in [0.4, 0.5) is 19.4 Å². The van der Waals surface area contributed by atoms with E-state index in [1.807, 2.05) is 0 Å². The Balaban J connectivity index is 3.20. The molecule has 0 aliphatic rings. The van der Waals surface area contributed by atoms with Crippen LogP contribution in [0.1, 0.15) is 11.7 Å². The molecule has 0 aromatic heterocycles. The maximum absolute atomic E-state index is 12.4. The van der Waals surface area contributed by atoms with Crippen molar-refractivity contribution in [3.8, 4) is 0 Å². The molecular formula is C9H9F5O3S. The number of rotatable bonds is 4. The van der Waals surface area contributed by atoms with Crippen LogP contribution in [0.15, 0.2) is 29.2 Å². The van der Waals surface area contributed by atoms with E-state index < -0.39 is 27.2 Å². The van der Waals surface area contributed by atoms with E-state index in [1.165, 1.54) is 0 Å². The normalized spacial score (nSPS) is 17.7. The number of benzene rings is 1. The predicted octanol–water partition coefficient (Wildman–Crippen LogP) is 4.12. The number of carboxylic acid groups (broad SMARTS) is 1. The summed E-state index contributed by atoms with van der Waals surface area (Å²) >= 11 is 0.